The molecule has 58 valence electrons. The lowest BCUT2D eigenvalue weighted by Crippen LogP contribution is -2.21. The van der Waals surface area contributed by atoms with Crippen molar-refractivity contribution in [1.82, 2.24) is 5.48 Å². The van der Waals surface area contributed by atoms with E-state index in [1.54, 1.807) is 6.08 Å². The summed E-state index contributed by atoms with van der Waals surface area (Å²) in [7, 11) is 0. The van der Waals surface area contributed by atoms with Crippen molar-refractivity contribution in [2.45, 2.75) is 12.5 Å². The van der Waals surface area contributed by atoms with Crippen LogP contribution in [0, 0.1) is 0 Å². The van der Waals surface area contributed by atoms with Gasteiger partial charge in [-0.2, -0.15) is 5.48 Å². The predicted molar refractivity (Wildman–Crippen MR) is 41.7 cm³/mol. The summed E-state index contributed by atoms with van der Waals surface area (Å²) in [5.74, 6) is 0. The van der Waals surface area contributed by atoms with Gasteiger partial charge in [0, 0.05) is 6.54 Å². The highest BCUT2D eigenvalue weighted by Gasteiger charge is 1.95. The predicted octanol–water partition coefficient (Wildman–Crippen LogP) is 0.425. The number of nitrogens with two attached hydrogens (primary N) is 1. The third-order valence-electron chi connectivity index (χ3n) is 1.14. The first kappa shape index (κ1) is 9.36. The van der Waals surface area contributed by atoms with Gasteiger partial charge in [0.2, 0.25) is 0 Å². The minimum Gasteiger partial charge on any atom is -0.327 e. The van der Waals surface area contributed by atoms with Gasteiger partial charge < -0.3 is 10.9 Å². The van der Waals surface area contributed by atoms with Gasteiger partial charge in [0.05, 0.1) is 6.04 Å². The molecule has 0 rings (SSSR count). The van der Waals surface area contributed by atoms with Crippen molar-refractivity contribution in [2.24, 2.45) is 5.73 Å². The Balaban J connectivity index is 3.43. The zero-order chi connectivity index (χ0) is 7.82. The molecular weight excluding hydrogens is 128 g/mol. The maximum Gasteiger partial charge on any atom is 0.0531 e. The Bertz CT molecular complexity index is 112. The molecular formula is C7H14N2O. The smallest absolute Gasteiger partial charge is 0.0531 e. The van der Waals surface area contributed by atoms with Crippen molar-refractivity contribution < 1.29 is 5.21 Å². The van der Waals surface area contributed by atoms with Crippen LogP contribution in [0.5, 0.6) is 0 Å². The van der Waals surface area contributed by atoms with Crippen LogP contribution in [0.25, 0.3) is 0 Å². The number of nitrogens with one attached hydrogen (secondary N) is 1. The van der Waals surface area contributed by atoms with Crippen molar-refractivity contribution in [2.75, 3.05) is 6.54 Å². The molecule has 0 aliphatic carbocycles. The third kappa shape index (κ3) is 4.26. The zero-order valence-electron chi connectivity index (χ0n) is 5.96. The Morgan fingerprint density at radius 2 is 2.30 bits per heavy atom. The molecule has 0 aromatic rings. The summed E-state index contributed by atoms with van der Waals surface area (Å²) in [6, 6.07) is -0.0669. The summed E-state index contributed by atoms with van der Waals surface area (Å²) in [5.41, 5.74) is 7.30. The van der Waals surface area contributed by atoms with Crippen LogP contribution in [0.2, 0.25) is 0 Å². The van der Waals surface area contributed by atoms with Gasteiger partial charge in [-0.15, -0.1) is 6.58 Å². The monoisotopic (exact) mass is 142 g/mol. The first-order valence-electron chi connectivity index (χ1n) is 3.22. The normalized spacial score (nSPS) is 13.8. The van der Waals surface area contributed by atoms with Crippen molar-refractivity contribution >= 4 is 0 Å². The van der Waals surface area contributed by atoms with E-state index >= 15 is 0 Å². The Morgan fingerprint density at radius 3 is 2.70 bits per heavy atom. The number of hydrogen-bond acceptors (Lipinski definition) is 3. The van der Waals surface area contributed by atoms with Gasteiger partial charge in [-0.05, 0) is 6.42 Å². The first-order valence-corrected chi connectivity index (χ1v) is 3.22. The summed E-state index contributed by atoms with van der Waals surface area (Å²) in [5, 5.41) is 8.44. The van der Waals surface area contributed by atoms with Crippen molar-refractivity contribution in [3.8, 4) is 0 Å². The lowest BCUT2D eigenvalue weighted by Gasteiger charge is -2.04. The highest BCUT2D eigenvalue weighted by molar-refractivity contribution is 4.92. The number of hydrogen-bond donors (Lipinski definition) is 3. The molecule has 0 radical (unpaired) electrons. The van der Waals surface area contributed by atoms with Gasteiger partial charge in [0.25, 0.3) is 0 Å². The molecule has 0 fully saturated rings. The Hall–Kier alpha value is -0.640. The largest absolute Gasteiger partial charge is 0.327 e. The van der Waals surface area contributed by atoms with Gasteiger partial charge in [-0.25, -0.2) is 0 Å². The Morgan fingerprint density at radius 1 is 1.60 bits per heavy atom. The highest BCUT2D eigenvalue weighted by atomic mass is 16.5. The fourth-order valence-corrected chi connectivity index (χ4v) is 0.541. The summed E-state index contributed by atoms with van der Waals surface area (Å²) < 4.78 is 0. The topological polar surface area (TPSA) is 58.3 Å². The molecule has 0 aromatic carbocycles. The van der Waals surface area contributed by atoms with Crippen LogP contribution < -0.4 is 11.2 Å². The van der Waals surface area contributed by atoms with Crippen molar-refractivity contribution in [1.29, 1.82) is 0 Å². The maximum absolute atomic E-state index is 8.44. The lowest BCUT2D eigenvalue weighted by molar-refractivity contribution is 0.144. The number of hydroxylamine groups is 1. The van der Waals surface area contributed by atoms with Crippen LogP contribution in [0.15, 0.2) is 24.8 Å². The van der Waals surface area contributed by atoms with Crippen molar-refractivity contribution in [3.63, 3.8) is 0 Å². The van der Waals surface area contributed by atoms with Crippen LogP contribution in [-0.2, 0) is 0 Å². The average Bonchev–Trinajstić information content (AvgIpc) is 1.99. The zero-order valence-corrected chi connectivity index (χ0v) is 5.96. The van der Waals surface area contributed by atoms with Crippen LogP contribution in [0.3, 0.4) is 0 Å². The molecule has 4 N–H and O–H groups in total. The van der Waals surface area contributed by atoms with E-state index in [2.05, 4.69) is 12.1 Å². The second-order valence-electron chi connectivity index (χ2n) is 1.91. The molecule has 0 aromatic heterocycles. The van der Waals surface area contributed by atoms with Gasteiger partial charge in [0.15, 0.2) is 0 Å². The molecule has 3 nitrogen and oxygen atoms in total. The summed E-state index contributed by atoms with van der Waals surface area (Å²) in [4.78, 5) is 0. The minimum absolute atomic E-state index is 0.0669. The van der Waals surface area contributed by atoms with E-state index in [9.17, 15) is 0 Å². The third-order valence-corrected chi connectivity index (χ3v) is 1.14. The molecule has 0 heterocycles. The average molecular weight is 142 g/mol. The fourth-order valence-electron chi connectivity index (χ4n) is 0.541. The minimum atomic E-state index is -0.0669. The van der Waals surface area contributed by atoms with Crippen LogP contribution in [0.4, 0.5) is 0 Å². The molecule has 0 bridgehead atoms. The maximum atomic E-state index is 8.44. The number of rotatable bonds is 5. The van der Waals surface area contributed by atoms with Crippen LogP contribution in [0.1, 0.15) is 6.42 Å². The van der Waals surface area contributed by atoms with Crippen molar-refractivity contribution in [3.05, 3.63) is 24.8 Å². The van der Waals surface area contributed by atoms with Crippen LogP contribution >= 0.6 is 0 Å². The quantitative estimate of drug-likeness (QED) is 0.385. The fraction of sp³-hybridized carbons (Fsp3) is 0.429. The molecule has 0 saturated carbocycles. The molecule has 1 unspecified atom stereocenters. The summed E-state index contributed by atoms with van der Waals surface area (Å²) in [6.45, 7) is 4.06. The van der Waals surface area contributed by atoms with E-state index in [0.717, 1.165) is 6.42 Å². The van der Waals surface area contributed by atoms with Crippen LogP contribution in [-0.4, -0.2) is 17.8 Å². The lowest BCUT2D eigenvalue weighted by atomic mass is 10.2. The van der Waals surface area contributed by atoms with Gasteiger partial charge in [0.1, 0.15) is 0 Å². The van der Waals surface area contributed by atoms with E-state index < -0.39 is 0 Å². The molecule has 0 saturated heterocycles. The second-order valence-corrected chi connectivity index (χ2v) is 1.91. The van der Waals surface area contributed by atoms with E-state index in [0.29, 0.717) is 6.54 Å². The highest BCUT2D eigenvalue weighted by Crippen LogP contribution is 1.92. The molecule has 0 amide bonds. The molecule has 0 aliphatic rings. The van der Waals surface area contributed by atoms with Gasteiger partial charge >= 0.3 is 0 Å². The standard InChI is InChI=1S/C7H14N2O/c1-2-7(9-10)5-3-4-6-8/h2-4,7,9-10H,1,5-6,8H2/b4-3+. The Kier molecular flexibility index (Phi) is 6.06. The summed E-state index contributed by atoms with van der Waals surface area (Å²) in [6.07, 6.45) is 6.10. The van der Waals surface area contributed by atoms with Gasteiger partial charge in [-0.3, -0.25) is 0 Å². The molecule has 1 atom stereocenters. The van der Waals surface area contributed by atoms with E-state index in [1.165, 1.54) is 0 Å². The van der Waals surface area contributed by atoms with Gasteiger partial charge in [-0.1, -0.05) is 18.2 Å². The first-order chi connectivity index (χ1) is 4.85. The molecule has 3 heteroatoms. The molecule has 0 spiro atoms. The van der Waals surface area contributed by atoms with E-state index in [1.807, 2.05) is 12.2 Å². The molecule has 0 aliphatic heterocycles. The second kappa shape index (κ2) is 6.48. The van der Waals surface area contributed by atoms with E-state index in [-0.39, 0.29) is 6.04 Å². The Labute approximate surface area is 61.2 Å². The summed E-state index contributed by atoms with van der Waals surface area (Å²) >= 11 is 0. The molecule has 10 heavy (non-hydrogen) atoms. The van der Waals surface area contributed by atoms with E-state index in [4.69, 9.17) is 10.9 Å². The SMILES string of the molecule is C=CC(C/C=C/CN)NO.